The van der Waals surface area contributed by atoms with Crippen LogP contribution < -0.4 is 10.2 Å². The number of anilines is 3. The van der Waals surface area contributed by atoms with Gasteiger partial charge < -0.3 is 10.2 Å². The molecule has 1 N–H and O–H groups in total. The molecule has 1 aromatic heterocycles. The Morgan fingerprint density at radius 2 is 1.95 bits per heavy atom. The molecule has 0 aliphatic carbocycles. The minimum absolute atomic E-state index is 0.715. The van der Waals surface area contributed by atoms with Crippen LogP contribution >= 0.6 is 11.6 Å². The molecule has 1 aromatic carbocycles. The number of benzene rings is 1. The van der Waals surface area contributed by atoms with Crippen LogP contribution in [0.25, 0.3) is 0 Å². The molecule has 0 atom stereocenters. The molecule has 1 fully saturated rings. The summed E-state index contributed by atoms with van der Waals surface area (Å²) in [5.74, 6) is 2.60. The third kappa shape index (κ3) is 3.50. The van der Waals surface area contributed by atoms with E-state index in [-0.39, 0.29) is 0 Å². The Kier molecular flexibility index (Phi) is 4.48. The predicted molar refractivity (Wildman–Crippen MR) is 92.1 cm³/mol. The molecule has 116 valence electrons. The lowest BCUT2D eigenvalue weighted by Crippen LogP contribution is -2.33. The molecular weight excluding hydrogens is 296 g/mol. The Morgan fingerprint density at radius 1 is 1.18 bits per heavy atom. The number of hydrogen-bond acceptors (Lipinski definition) is 4. The van der Waals surface area contributed by atoms with Crippen molar-refractivity contribution in [1.29, 1.82) is 0 Å². The van der Waals surface area contributed by atoms with Crippen LogP contribution in [0.3, 0.4) is 0 Å². The molecule has 5 heteroatoms. The number of halogens is 1. The summed E-state index contributed by atoms with van der Waals surface area (Å²) in [7, 11) is 0. The zero-order valence-electron chi connectivity index (χ0n) is 13.0. The Balaban J connectivity index is 1.78. The van der Waals surface area contributed by atoms with Crippen LogP contribution in [0.5, 0.6) is 0 Å². The molecule has 1 aliphatic rings. The maximum atomic E-state index is 6.07. The summed E-state index contributed by atoms with van der Waals surface area (Å²) >= 11 is 6.07. The summed E-state index contributed by atoms with van der Waals surface area (Å²) in [5, 5.41) is 4.05. The SMILES string of the molecule is Cc1ccc(Cl)cc1Nc1cc(N2CCC(C)CC2)ncn1. The monoisotopic (exact) mass is 316 g/mol. The fourth-order valence-corrected chi connectivity index (χ4v) is 2.86. The molecule has 4 nitrogen and oxygen atoms in total. The van der Waals surface area contributed by atoms with Crippen LogP contribution in [-0.2, 0) is 0 Å². The average Bonchev–Trinajstić information content (AvgIpc) is 2.52. The van der Waals surface area contributed by atoms with Crippen molar-refractivity contribution in [2.75, 3.05) is 23.3 Å². The van der Waals surface area contributed by atoms with Gasteiger partial charge in [0.2, 0.25) is 0 Å². The first kappa shape index (κ1) is 15.1. The Morgan fingerprint density at radius 3 is 2.73 bits per heavy atom. The molecule has 0 saturated carbocycles. The van der Waals surface area contributed by atoms with Gasteiger partial charge in [0, 0.05) is 29.9 Å². The lowest BCUT2D eigenvalue weighted by molar-refractivity contribution is 0.436. The van der Waals surface area contributed by atoms with Crippen molar-refractivity contribution >= 4 is 28.9 Å². The van der Waals surface area contributed by atoms with E-state index in [0.29, 0.717) is 5.02 Å². The number of nitrogens with zero attached hydrogens (tertiary/aromatic N) is 3. The molecule has 1 saturated heterocycles. The fraction of sp³-hybridized carbons (Fsp3) is 0.412. The predicted octanol–water partition coefficient (Wildman–Crippen LogP) is 4.42. The maximum Gasteiger partial charge on any atom is 0.135 e. The lowest BCUT2D eigenvalue weighted by atomic mass is 9.99. The Hall–Kier alpha value is -1.81. The smallest absolute Gasteiger partial charge is 0.135 e. The van der Waals surface area contributed by atoms with Crippen molar-refractivity contribution in [2.45, 2.75) is 26.7 Å². The second kappa shape index (κ2) is 6.53. The Bertz CT molecular complexity index is 651. The first-order valence-corrected chi connectivity index (χ1v) is 8.10. The zero-order valence-corrected chi connectivity index (χ0v) is 13.8. The first-order chi connectivity index (χ1) is 10.6. The van der Waals surface area contributed by atoms with Gasteiger partial charge in [0.1, 0.15) is 18.0 Å². The van der Waals surface area contributed by atoms with E-state index < -0.39 is 0 Å². The van der Waals surface area contributed by atoms with Crippen LogP contribution in [0, 0.1) is 12.8 Å². The van der Waals surface area contributed by atoms with E-state index in [1.165, 1.54) is 12.8 Å². The standard InChI is InChI=1S/C17H21ClN4/c1-12-5-7-22(8-6-12)17-10-16(19-11-20-17)21-15-9-14(18)4-3-13(15)2/h3-4,9-12H,5-8H2,1-2H3,(H,19,20,21). The topological polar surface area (TPSA) is 41.0 Å². The highest BCUT2D eigenvalue weighted by Gasteiger charge is 2.17. The first-order valence-electron chi connectivity index (χ1n) is 7.72. The molecule has 22 heavy (non-hydrogen) atoms. The van der Waals surface area contributed by atoms with Gasteiger partial charge in [-0.05, 0) is 43.4 Å². The molecule has 0 bridgehead atoms. The third-order valence-electron chi connectivity index (χ3n) is 4.22. The second-order valence-corrected chi connectivity index (χ2v) is 6.45. The Labute approximate surface area is 136 Å². The summed E-state index contributed by atoms with van der Waals surface area (Å²) in [6, 6.07) is 7.82. The molecule has 2 aromatic rings. The highest BCUT2D eigenvalue weighted by atomic mass is 35.5. The van der Waals surface area contributed by atoms with Gasteiger partial charge in [-0.1, -0.05) is 24.6 Å². The number of rotatable bonds is 3. The van der Waals surface area contributed by atoms with E-state index in [1.807, 2.05) is 31.2 Å². The van der Waals surface area contributed by atoms with Crippen LogP contribution in [0.4, 0.5) is 17.3 Å². The summed E-state index contributed by atoms with van der Waals surface area (Å²) in [5.41, 5.74) is 2.11. The van der Waals surface area contributed by atoms with E-state index in [9.17, 15) is 0 Å². The van der Waals surface area contributed by atoms with E-state index in [1.54, 1.807) is 6.33 Å². The quantitative estimate of drug-likeness (QED) is 0.910. The molecule has 0 radical (unpaired) electrons. The molecular formula is C17H21ClN4. The third-order valence-corrected chi connectivity index (χ3v) is 4.46. The van der Waals surface area contributed by atoms with Crippen LogP contribution in [0.2, 0.25) is 5.02 Å². The summed E-state index contributed by atoms with van der Waals surface area (Å²) in [4.78, 5) is 11.1. The number of aryl methyl sites for hydroxylation is 1. The van der Waals surface area contributed by atoms with E-state index >= 15 is 0 Å². The molecule has 3 rings (SSSR count). The van der Waals surface area contributed by atoms with Crippen molar-refractivity contribution in [2.24, 2.45) is 5.92 Å². The normalized spacial score (nSPS) is 15.9. The van der Waals surface area contributed by atoms with Crippen molar-refractivity contribution in [3.05, 3.63) is 41.2 Å². The van der Waals surface area contributed by atoms with Crippen molar-refractivity contribution < 1.29 is 0 Å². The minimum atomic E-state index is 0.715. The van der Waals surface area contributed by atoms with Crippen LogP contribution in [-0.4, -0.2) is 23.1 Å². The number of aromatic nitrogens is 2. The van der Waals surface area contributed by atoms with Crippen LogP contribution in [0.15, 0.2) is 30.6 Å². The molecule has 0 unspecified atom stereocenters. The van der Waals surface area contributed by atoms with Crippen molar-refractivity contribution in [1.82, 2.24) is 9.97 Å². The van der Waals surface area contributed by atoms with Gasteiger partial charge in [0.15, 0.2) is 0 Å². The van der Waals surface area contributed by atoms with E-state index in [0.717, 1.165) is 41.9 Å². The summed E-state index contributed by atoms with van der Waals surface area (Å²) in [6.45, 7) is 6.49. The molecule has 0 amide bonds. The minimum Gasteiger partial charge on any atom is -0.356 e. The van der Waals surface area contributed by atoms with Gasteiger partial charge >= 0.3 is 0 Å². The largest absolute Gasteiger partial charge is 0.356 e. The lowest BCUT2D eigenvalue weighted by Gasteiger charge is -2.31. The van der Waals surface area contributed by atoms with Crippen molar-refractivity contribution in [3.63, 3.8) is 0 Å². The number of piperidine rings is 1. The van der Waals surface area contributed by atoms with Crippen molar-refractivity contribution in [3.8, 4) is 0 Å². The zero-order chi connectivity index (χ0) is 15.5. The van der Waals surface area contributed by atoms with Gasteiger partial charge in [0.05, 0.1) is 0 Å². The summed E-state index contributed by atoms with van der Waals surface area (Å²) < 4.78 is 0. The highest BCUT2D eigenvalue weighted by Crippen LogP contribution is 2.26. The van der Waals surface area contributed by atoms with E-state index in [4.69, 9.17) is 11.6 Å². The van der Waals surface area contributed by atoms with Crippen LogP contribution in [0.1, 0.15) is 25.3 Å². The molecule has 2 heterocycles. The molecule has 1 aliphatic heterocycles. The average molecular weight is 317 g/mol. The van der Waals surface area contributed by atoms with E-state index in [2.05, 4.69) is 27.1 Å². The number of nitrogens with one attached hydrogen (secondary N) is 1. The second-order valence-electron chi connectivity index (χ2n) is 6.02. The number of hydrogen-bond donors (Lipinski definition) is 1. The fourth-order valence-electron chi connectivity index (χ4n) is 2.69. The highest BCUT2D eigenvalue weighted by molar-refractivity contribution is 6.30. The molecule has 0 spiro atoms. The van der Waals surface area contributed by atoms with Gasteiger partial charge in [-0.2, -0.15) is 0 Å². The van der Waals surface area contributed by atoms with Gasteiger partial charge in [-0.15, -0.1) is 0 Å². The van der Waals surface area contributed by atoms with Gasteiger partial charge in [0.25, 0.3) is 0 Å². The maximum absolute atomic E-state index is 6.07. The van der Waals surface area contributed by atoms with Gasteiger partial charge in [-0.25, -0.2) is 9.97 Å². The summed E-state index contributed by atoms with van der Waals surface area (Å²) in [6.07, 6.45) is 4.07. The van der Waals surface area contributed by atoms with Gasteiger partial charge in [-0.3, -0.25) is 0 Å².